The number of nitrogens with zero attached hydrogens (tertiary/aromatic N) is 2. The zero-order chi connectivity index (χ0) is 17.3. The van der Waals surface area contributed by atoms with Crippen molar-refractivity contribution in [3.8, 4) is 11.1 Å². The Morgan fingerprint density at radius 2 is 1.96 bits per heavy atom. The maximum Gasteiger partial charge on any atom is 0.258 e. The average Bonchev–Trinajstić information content (AvgIpc) is 2.97. The molecule has 1 N–H and O–H groups in total. The summed E-state index contributed by atoms with van der Waals surface area (Å²) in [6.07, 6.45) is 3.01. The molecule has 2 aromatic carbocycles. The summed E-state index contributed by atoms with van der Waals surface area (Å²) in [6.45, 7) is 0. The summed E-state index contributed by atoms with van der Waals surface area (Å²) in [7, 11) is 1.71. The monoisotopic (exact) mass is 363 g/mol. The maximum atomic E-state index is 13.6. The maximum absolute atomic E-state index is 13.6. The van der Waals surface area contributed by atoms with Gasteiger partial charge in [-0.3, -0.25) is 9.48 Å². The van der Waals surface area contributed by atoms with E-state index in [1.54, 1.807) is 37.5 Å². The van der Waals surface area contributed by atoms with E-state index in [2.05, 4.69) is 10.4 Å². The number of aryl methyl sites for hydroxylation is 1. The van der Waals surface area contributed by atoms with Crippen LogP contribution in [0.3, 0.4) is 0 Å². The first-order valence-electron chi connectivity index (χ1n) is 6.99. The molecule has 0 fully saturated rings. The van der Waals surface area contributed by atoms with Crippen LogP contribution in [0.1, 0.15) is 10.4 Å². The van der Waals surface area contributed by atoms with Gasteiger partial charge in [0.25, 0.3) is 5.91 Å². The molecule has 24 heavy (non-hydrogen) atoms. The van der Waals surface area contributed by atoms with Crippen molar-refractivity contribution in [2.24, 2.45) is 7.05 Å². The Morgan fingerprint density at radius 1 is 1.17 bits per heavy atom. The molecular weight excluding hydrogens is 352 g/mol. The van der Waals surface area contributed by atoms with Gasteiger partial charge in [0, 0.05) is 18.8 Å². The van der Waals surface area contributed by atoms with E-state index < -0.39 is 5.82 Å². The lowest BCUT2D eigenvalue weighted by Gasteiger charge is -2.12. The summed E-state index contributed by atoms with van der Waals surface area (Å²) >= 11 is 12.0. The van der Waals surface area contributed by atoms with E-state index in [4.69, 9.17) is 23.2 Å². The van der Waals surface area contributed by atoms with Crippen LogP contribution in [0.5, 0.6) is 0 Å². The van der Waals surface area contributed by atoms with Crippen LogP contribution in [0.15, 0.2) is 48.8 Å². The van der Waals surface area contributed by atoms with E-state index >= 15 is 0 Å². The molecule has 0 bridgehead atoms. The highest BCUT2D eigenvalue weighted by atomic mass is 35.5. The molecule has 0 radical (unpaired) electrons. The first-order valence-corrected chi connectivity index (χ1v) is 7.74. The minimum atomic E-state index is -0.458. The van der Waals surface area contributed by atoms with Crippen LogP contribution in [0.2, 0.25) is 10.0 Å². The Kier molecular flexibility index (Phi) is 4.55. The third-order valence-corrected chi connectivity index (χ3v) is 4.17. The van der Waals surface area contributed by atoms with E-state index in [1.165, 1.54) is 23.0 Å². The van der Waals surface area contributed by atoms with Crippen LogP contribution in [0.25, 0.3) is 11.1 Å². The van der Waals surface area contributed by atoms with Crippen LogP contribution in [0, 0.1) is 5.82 Å². The molecular formula is C17H12Cl2FN3O. The molecule has 0 aliphatic rings. The van der Waals surface area contributed by atoms with E-state index in [0.29, 0.717) is 32.4 Å². The summed E-state index contributed by atoms with van der Waals surface area (Å²) in [4.78, 5) is 12.3. The fraction of sp³-hybridized carbons (Fsp3) is 0.0588. The van der Waals surface area contributed by atoms with Gasteiger partial charge in [-0.15, -0.1) is 0 Å². The molecule has 4 nitrogen and oxygen atoms in total. The molecule has 1 heterocycles. The van der Waals surface area contributed by atoms with Crippen LogP contribution in [-0.4, -0.2) is 15.7 Å². The molecule has 7 heteroatoms. The highest BCUT2D eigenvalue weighted by Crippen LogP contribution is 2.33. The summed E-state index contributed by atoms with van der Waals surface area (Å²) in [5.74, 6) is -0.838. The topological polar surface area (TPSA) is 46.9 Å². The molecule has 122 valence electrons. The van der Waals surface area contributed by atoms with Gasteiger partial charge in [0.1, 0.15) is 5.82 Å². The molecule has 1 amide bonds. The third-order valence-electron chi connectivity index (χ3n) is 3.43. The van der Waals surface area contributed by atoms with Crippen molar-refractivity contribution in [1.29, 1.82) is 0 Å². The van der Waals surface area contributed by atoms with Gasteiger partial charge in [-0.05, 0) is 35.9 Å². The molecule has 1 aromatic heterocycles. The van der Waals surface area contributed by atoms with Crippen LogP contribution >= 0.6 is 23.2 Å². The second-order valence-corrected chi connectivity index (χ2v) is 5.99. The number of anilines is 1. The molecule has 0 saturated heterocycles. The number of benzene rings is 2. The third kappa shape index (κ3) is 3.42. The number of halogens is 3. The summed E-state index contributed by atoms with van der Waals surface area (Å²) in [5.41, 5.74) is 2.06. The number of aromatic nitrogens is 2. The lowest BCUT2D eigenvalue weighted by Crippen LogP contribution is -2.12. The first kappa shape index (κ1) is 16.5. The van der Waals surface area contributed by atoms with Crippen LogP contribution in [-0.2, 0) is 7.05 Å². The van der Waals surface area contributed by atoms with Crippen molar-refractivity contribution in [1.82, 2.24) is 9.78 Å². The van der Waals surface area contributed by atoms with Crippen molar-refractivity contribution >= 4 is 34.8 Å². The molecule has 3 rings (SSSR count). The zero-order valence-corrected chi connectivity index (χ0v) is 14.1. The minimum absolute atomic E-state index is 0.335. The number of nitrogens with one attached hydrogen (secondary N) is 1. The first-order chi connectivity index (χ1) is 11.4. The summed E-state index contributed by atoms with van der Waals surface area (Å²) in [6, 6.07) is 9.21. The van der Waals surface area contributed by atoms with Crippen molar-refractivity contribution in [3.63, 3.8) is 0 Å². The molecule has 0 aliphatic heterocycles. The van der Waals surface area contributed by atoms with Gasteiger partial charge >= 0.3 is 0 Å². The smallest absolute Gasteiger partial charge is 0.258 e. The van der Waals surface area contributed by atoms with Gasteiger partial charge in [-0.25, -0.2) is 4.39 Å². The molecule has 0 atom stereocenters. The second kappa shape index (κ2) is 6.63. The zero-order valence-electron chi connectivity index (χ0n) is 12.6. The van der Waals surface area contributed by atoms with Gasteiger partial charge in [0.15, 0.2) is 0 Å². The van der Waals surface area contributed by atoms with E-state index in [0.717, 1.165) is 0 Å². The van der Waals surface area contributed by atoms with Crippen molar-refractivity contribution in [2.75, 3.05) is 5.32 Å². The molecule has 0 saturated carbocycles. The van der Waals surface area contributed by atoms with Crippen LogP contribution in [0.4, 0.5) is 10.1 Å². The van der Waals surface area contributed by atoms with Gasteiger partial charge in [-0.1, -0.05) is 29.3 Å². The second-order valence-electron chi connectivity index (χ2n) is 5.18. The molecule has 3 aromatic rings. The standard InChI is InChI=1S/C17H12Cl2FN3O/c1-23-9-11(8-21-23)17(24)22-16-7-12(20)3-4-13(16)10-2-5-14(18)15(19)6-10/h2-9H,1H3,(H,22,24). The number of carbonyl (C=O) groups excluding carboxylic acids is 1. The quantitative estimate of drug-likeness (QED) is 0.727. The minimum Gasteiger partial charge on any atom is -0.321 e. The molecule has 0 aliphatic carbocycles. The van der Waals surface area contributed by atoms with Gasteiger partial charge in [0.05, 0.1) is 27.5 Å². The number of rotatable bonds is 3. The number of carbonyl (C=O) groups is 1. The Balaban J connectivity index is 1.99. The van der Waals surface area contributed by atoms with E-state index in [-0.39, 0.29) is 5.91 Å². The van der Waals surface area contributed by atoms with Gasteiger partial charge in [-0.2, -0.15) is 5.10 Å². The number of amides is 1. The van der Waals surface area contributed by atoms with Gasteiger partial charge in [0.2, 0.25) is 0 Å². The largest absolute Gasteiger partial charge is 0.321 e. The SMILES string of the molecule is Cn1cc(C(=O)Nc2cc(F)ccc2-c2ccc(Cl)c(Cl)c2)cn1. The average molecular weight is 364 g/mol. The van der Waals surface area contributed by atoms with Gasteiger partial charge < -0.3 is 5.32 Å². The van der Waals surface area contributed by atoms with E-state index in [1.807, 2.05) is 0 Å². The predicted molar refractivity (Wildman–Crippen MR) is 93.0 cm³/mol. The lowest BCUT2D eigenvalue weighted by atomic mass is 10.0. The molecule has 0 unspecified atom stereocenters. The highest BCUT2D eigenvalue weighted by Gasteiger charge is 2.13. The summed E-state index contributed by atoms with van der Waals surface area (Å²) in [5, 5.41) is 7.45. The predicted octanol–water partition coefficient (Wildman–Crippen LogP) is 4.79. The Bertz CT molecular complexity index is 924. The Hall–Kier alpha value is -2.37. The van der Waals surface area contributed by atoms with Crippen molar-refractivity contribution in [3.05, 3.63) is 70.2 Å². The van der Waals surface area contributed by atoms with Crippen LogP contribution < -0.4 is 5.32 Å². The number of hydrogen-bond donors (Lipinski definition) is 1. The lowest BCUT2D eigenvalue weighted by molar-refractivity contribution is 0.102. The Morgan fingerprint density at radius 3 is 2.62 bits per heavy atom. The highest BCUT2D eigenvalue weighted by molar-refractivity contribution is 6.42. The fourth-order valence-electron chi connectivity index (χ4n) is 2.27. The van der Waals surface area contributed by atoms with Crippen molar-refractivity contribution in [2.45, 2.75) is 0 Å². The number of hydrogen-bond acceptors (Lipinski definition) is 2. The van der Waals surface area contributed by atoms with E-state index in [9.17, 15) is 9.18 Å². The summed E-state index contributed by atoms with van der Waals surface area (Å²) < 4.78 is 15.2. The molecule has 0 spiro atoms. The van der Waals surface area contributed by atoms with Crippen molar-refractivity contribution < 1.29 is 9.18 Å². The normalized spacial score (nSPS) is 10.7. The Labute approximate surface area is 147 Å². The fourth-order valence-corrected chi connectivity index (χ4v) is 2.57.